The molecule has 1 rings (SSSR count). The summed E-state index contributed by atoms with van der Waals surface area (Å²) in [5.41, 5.74) is -0.589. The van der Waals surface area contributed by atoms with Crippen molar-refractivity contribution in [2.24, 2.45) is 4.99 Å². The number of amides is 1. The van der Waals surface area contributed by atoms with Crippen LogP contribution in [0, 0.1) is 0 Å². The molecule has 0 bridgehead atoms. The number of nitrogens with one attached hydrogen (secondary N) is 3. The predicted molar refractivity (Wildman–Crippen MR) is 130 cm³/mol. The van der Waals surface area contributed by atoms with Crippen molar-refractivity contribution < 1.29 is 18.0 Å². The lowest BCUT2D eigenvalue weighted by Gasteiger charge is -2.21. The Labute approximate surface area is 200 Å². The van der Waals surface area contributed by atoms with Gasteiger partial charge in [0, 0.05) is 31.7 Å². The first kappa shape index (κ1) is 29.4. The molecular formula is C21H35F3IN5O. The quantitative estimate of drug-likeness (QED) is 0.168. The molecule has 0 heterocycles. The standard InChI is InChI=1S/C21H34F3N5O.HI/c1-5-29(6-2)15-7-8-16(3)28-20(25-4)27-14-13-26-19(30)17-9-11-18(12-10-17)21(22,23)24;/h9-12,16H,5-8,13-15H2,1-4H3,(H,26,30)(H2,25,27,28);1H. The topological polar surface area (TPSA) is 68.8 Å². The van der Waals surface area contributed by atoms with Crippen LogP contribution in [0.4, 0.5) is 13.2 Å². The fourth-order valence-electron chi connectivity index (χ4n) is 2.93. The Morgan fingerprint density at radius 2 is 1.68 bits per heavy atom. The number of alkyl halides is 3. The smallest absolute Gasteiger partial charge is 0.355 e. The molecule has 1 aromatic rings. The second-order valence-corrected chi connectivity index (χ2v) is 7.04. The maximum absolute atomic E-state index is 12.6. The van der Waals surface area contributed by atoms with Gasteiger partial charge in [0.15, 0.2) is 5.96 Å². The molecule has 0 saturated carbocycles. The molecule has 0 aliphatic heterocycles. The predicted octanol–water partition coefficient (Wildman–Crippen LogP) is 3.73. The van der Waals surface area contributed by atoms with Gasteiger partial charge in [0.05, 0.1) is 5.56 Å². The number of aliphatic imine (C=N–C) groups is 1. The molecule has 0 aliphatic carbocycles. The van der Waals surface area contributed by atoms with Gasteiger partial charge in [-0.05, 0) is 63.7 Å². The van der Waals surface area contributed by atoms with E-state index in [-0.39, 0.29) is 35.6 Å². The Kier molecular flexibility index (Phi) is 14.5. The van der Waals surface area contributed by atoms with Crippen molar-refractivity contribution in [2.45, 2.75) is 45.8 Å². The molecule has 0 saturated heterocycles. The summed E-state index contributed by atoms with van der Waals surface area (Å²) in [6, 6.07) is 4.41. The van der Waals surface area contributed by atoms with Crippen molar-refractivity contribution in [1.29, 1.82) is 0 Å². The number of nitrogens with zero attached hydrogens (tertiary/aromatic N) is 2. The van der Waals surface area contributed by atoms with Crippen LogP contribution in [0.5, 0.6) is 0 Å². The van der Waals surface area contributed by atoms with Gasteiger partial charge < -0.3 is 20.9 Å². The number of carbonyl (C=O) groups excluding carboxylic acids is 1. The largest absolute Gasteiger partial charge is 0.416 e. The summed E-state index contributed by atoms with van der Waals surface area (Å²) in [6.07, 6.45) is -2.30. The highest BCUT2D eigenvalue weighted by atomic mass is 127. The molecule has 31 heavy (non-hydrogen) atoms. The van der Waals surface area contributed by atoms with Crippen LogP contribution in [-0.2, 0) is 6.18 Å². The average molecular weight is 557 g/mol. The Hall–Kier alpha value is -1.56. The molecule has 10 heteroatoms. The maximum Gasteiger partial charge on any atom is 0.416 e. The number of guanidine groups is 1. The molecule has 3 N–H and O–H groups in total. The molecule has 0 spiro atoms. The molecule has 0 aliphatic rings. The van der Waals surface area contributed by atoms with E-state index in [4.69, 9.17) is 0 Å². The Morgan fingerprint density at radius 1 is 1.10 bits per heavy atom. The summed E-state index contributed by atoms with van der Waals surface area (Å²) in [4.78, 5) is 18.6. The minimum absolute atomic E-state index is 0. The van der Waals surface area contributed by atoms with Crippen molar-refractivity contribution >= 4 is 35.8 Å². The molecule has 0 aromatic heterocycles. The maximum atomic E-state index is 12.6. The lowest BCUT2D eigenvalue weighted by Crippen LogP contribution is -2.45. The van der Waals surface area contributed by atoms with Crippen LogP contribution in [0.15, 0.2) is 29.3 Å². The molecule has 0 radical (unpaired) electrons. The summed E-state index contributed by atoms with van der Waals surface area (Å²) in [5.74, 6) is 0.229. The zero-order valence-corrected chi connectivity index (χ0v) is 21.0. The summed E-state index contributed by atoms with van der Waals surface area (Å²) in [5, 5.41) is 9.12. The second kappa shape index (κ2) is 15.3. The third kappa shape index (κ3) is 11.6. The summed E-state index contributed by atoms with van der Waals surface area (Å²) in [6.45, 7) is 10.4. The fourth-order valence-corrected chi connectivity index (χ4v) is 2.93. The second-order valence-electron chi connectivity index (χ2n) is 7.04. The minimum Gasteiger partial charge on any atom is -0.355 e. The van der Waals surface area contributed by atoms with Gasteiger partial charge in [0.1, 0.15) is 0 Å². The Balaban J connectivity index is 0.00000900. The zero-order chi connectivity index (χ0) is 22.6. The van der Waals surface area contributed by atoms with E-state index >= 15 is 0 Å². The van der Waals surface area contributed by atoms with Gasteiger partial charge in [0.2, 0.25) is 0 Å². The van der Waals surface area contributed by atoms with Crippen LogP contribution in [0.25, 0.3) is 0 Å². The van der Waals surface area contributed by atoms with E-state index in [1.807, 2.05) is 0 Å². The van der Waals surface area contributed by atoms with E-state index in [1.54, 1.807) is 7.05 Å². The number of benzene rings is 1. The number of carbonyl (C=O) groups is 1. The van der Waals surface area contributed by atoms with Crippen LogP contribution in [0.1, 0.15) is 49.5 Å². The Bertz CT molecular complexity index is 664. The van der Waals surface area contributed by atoms with Gasteiger partial charge in [-0.15, -0.1) is 24.0 Å². The van der Waals surface area contributed by atoms with Crippen LogP contribution >= 0.6 is 24.0 Å². The number of hydrogen-bond acceptors (Lipinski definition) is 3. The van der Waals surface area contributed by atoms with Crippen molar-refractivity contribution in [1.82, 2.24) is 20.9 Å². The molecule has 0 fully saturated rings. The first-order valence-electron chi connectivity index (χ1n) is 10.4. The van der Waals surface area contributed by atoms with Gasteiger partial charge in [-0.2, -0.15) is 13.2 Å². The van der Waals surface area contributed by atoms with Crippen molar-refractivity contribution in [3.05, 3.63) is 35.4 Å². The monoisotopic (exact) mass is 557 g/mol. The van der Waals surface area contributed by atoms with Crippen molar-refractivity contribution in [2.75, 3.05) is 39.8 Å². The number of halogens is 4. The van der Waals surface area contributed by atoms with E-state index in [0.29, 0.717) is 19.0 Å². The lowest BCUT2D eigenvalue weighted by molar-refractivity contribution is -0.137. The van der Waals surface area contributed by atoms with Gasteiger partial charge in [-0.3, -0.25) is 9.79 Å². The third-order valence-corrected chi connectivity index (χ3v) is 4.79. The van der Waals surface area contributed by atoms with E-state index < -0.39 is 17.6 Å². The van der Waals surface area contributed by atoms with Gasteiger partial charge in [-0.25, -0.2) is 0 Å². The SMILES string of the molecule is CCN(CC)CCCC(C)NC(=NC)NCCNC(=O)c1ccc(C(F)(F)F)cc1.I. The molecule has 1 unspecified atom stereocenters. The van der Waals surface area contributed by atoms with Crippen LogP contribution in [0.3, 0.4) is 0 Å². The highest BCUT2D eigenvalue weighted by molar-refractivity contribution is 14.0. The van der Waals surface area contributed by atoms with Crippen LogP contribution < -0.4 is 16.0 Å². The molecule has 1 aromatic carbocycles. The van der Waals surface area contributed by atoms with Crippen molar-refractivity contribution in [3.8, 4) is 0 Å². The lowest BCUT2D eigenvalue weighted by atomic mass is 10.1. The van der Waals surface area contributed by atoms with E-state index in [1.165, 1.54) is 12.1 Å². The number of rotatable bonds is 11. The molecule has 6 nitrogen and oxygen atoms in total. The van der Waals surface area contributed by atoms with Gasteiger partial charge in [-0.1, -0.05) is 13.8 Å². The number of hydrogen-bond donors (Lipinski definition) is 3. The molecule has 1 atom stereocenters. The molecule has 1 amide bonds. The van der Waals surface area contributed by atoms with Gasteiger partial charge in [0.25, 0.3) is 5.91 Å². The van der Waals surface area contributed by atoms with E-state index in [2.05, 4.69) is 46.6 Å². The van der Waals surface area contributed by atoms with E-state index in [0.717, 1.165) is 44.6 Å². The normalized spacial score (nSPS) is 12.8. The highest BCUT2D eigenvalue weighted by Crippen LogP contribution is 2.29. The molecule has 178 valence electrons. The third-order valence-electron chi connectivity index (χ3n) is 4.79. The van der Waals surface area contributed by atoms with E-state index in [9.17, 15) is 18.0 Å². The zero-order valence-electron chi connectivity index (χ0n) is 18.7. The summed E-state index contributed by atoms with van der Waals surface area (Å²) in [7, 11) is 1.68. The summed E-state index contributed by atoms with van der Waals surface area (Å²) < 4.78 is 37.7. The fraction of sp³-hybridized carbons (Fsp3) is 0.619. The molecular weight excluding hydrogens is 522 g/mol. The van der Waals surface area contributed by atoms with Crippen LogP contribution in [0.2, 0.25) is 0 Å². The first-order valence-corrected chi connectivity index (χ1v) is 10.4. The minimum atomic E-state index is -4.41. The van der Waals surface area contributed by atoms with Gasteiger partial charge >= 0.3 is 6.18 Å². The summed E-state index contributed by atoms with van der Waals surface area (Å²) >= 11 is 0. The van der Waals surface area contributed by atoms with Crippen molar-refractivity contribution in [3.63, 3.8) is 0 Å². The average Bonchev–Trinajstić information content (AvgIpc) is 2.72. The van der Waals surface area contributed by atoms with Crippen LogP contribution in [-0.4, -0.2) is 62.6 Å². The Morgan fingerprint density at radius 3 is 2.19 bits per heavy atom. The first-order chi connectivity index (χ1) is 14.2. The highest BCUT2D eigenvalue weighted by Gasteiger charge is 2.30.